The highest BCUT2D eigenvalue weighted by Gasteiger charge is 2.16. The van der Waals surface area contributed by atoms with Crippen molar-refractivity contribution in [2.24, 2.45) is 0 Å². The molecule has 4 nitrogen and oxygen atoms in total. The van der Waals surface area contributed by atoms with Crippen molar-refractivity contribution in [2.75, 3.05) is 7.05 Å². The van der Waals surface area contributed by atoms with Gasteiger partial charge in [-0.3, -0.25) is 9.67 Å². The van der Waals surface area contributed by atoms with Crippen molar-refractivity contribution >= 4 is 0 Å². The molecule has 1 N–H and O–H groups in total. The summed E-state index contributed by atoms with van der Waals surface area (Å²) in [4.78, 5) is 4.57. The molecule has 2 rings (SSSR count). The Morgan fingerprint density at radius 1 is 1.20 bits per heavy atom. The third-order valence-electron chi connectivity index (χ3n) is 3.69. The number of aromatic nitrogens is 3. The summed E-state index contributed by atoms with van der Waals surface area (Å²) in [5.74, 6) is 0. The topological polar surface area (TPSA) is 42.7 Å². The minimum absolute atomic E-state index is 0.268. The van der Waals surface area contributed by atoms with Gasteiger partial charge in [0.15, 0.2) is 0 Å². The summed E-state index contributed by atoms with van der Waals surface area (Å²) in [5, 5.41) is 7.93. The van der Waals surface area contributed by atoms with Crippen molar-refractivity contribution < 1.29 is 0 Å². The summed E-state index contributed by atoms with van der Waals surface area (Å²) in [7, 11) is 2.00. The molecule has 0 saturated heterocycles. The van der Waals surface area contributed by atoms with Crippen LogP contribution in [0.4, 0.5) is 0 Å². The number of likely N-dealkylation sites (N-methyl/N-ethyl adjacent to an activating group) is 1. The van der Waals surface area contributed by atoms with E-state index in [0.29, 0.717) is 0 Å². The lowest BCUT2D eigenvalue weighted by Gasteiger charge is -2.19. The zero-order valence-electron chi connectivity index (χ0n) is 13.1. The fourth-order valence-corrected chi connectivity index (χ4v) is 2.68. The monoisotopic (exact) mass is 272 g/mol. The van der Waals surface area contributed by atoms with Gasteiger partial charge in [0.2, 0.25) is 0 Å². The van der Waals surface area contributed by atoms with Gasteiger partial charge in [-0.15, -0.1) is 0 Å². The molecule has 0 aromatic carbocycles. The van der Waals surface area contributed by atoms with E-state index >= 15 is 0 Å². The first-order valence-electron chi connectivity index (χ1n) is 7.19. The largest absolute Gasteiger partial charge is 0.313 e. The smallest absolute Gasteiger partial charge is 0.0596 e. The molecule has 0 saturated carbocycles. The normalized spacial score (nSPS) is 12.7. The standard InChI is InChI=1S/C16H24N4/c1-6-20-14(9-12(3)19-20)10-16(17-5)15-8-7-11(2)18-13(15)4/h7-9,16-17H,6,10H2,1-5H3. The average molecular weight is 272 g/mol. The molecule has 2 aromatic heterocycles. The van der Waals surface area contributed by atoms with Crippen molar-refractivity contribution in [1.82, 2.24) is 20.1 Å². The van der Waals surface area contributed by atoms with E-state index in [0.717, 1.165) is 30.0 Å². The van der Waals surface area contributed by atoms with Gasteiger partial charge in [-0.1, -0.05) is 6.07 Å². The number of nitrogens with zero attached hydrogens (tertiary/aromatic N) is 3. The molecule has 0 fully saturated rings. The van der Waals surface area contributed by atoms with Crippen LogP contribution >= 0.6 is 0 Å². The Morgan fingerprint density at radius 3 is 2.55 bits per heavy atom. The second-order valence-electron chi connectivity index (χ2n) is 5.27. The molecule has 2 aromatic rings. The van der Waals surface area contributed by atoms with E-state index in [-0.39, 0.29) is 6.04 Å². The van der Waals surface area contributed by atoms with E-state index in [4.69, 9.17) is 0 Å². The third-order valence-corrected chi connectivity index (χ3v) is 3.69. The fourth-order valence-electron chi connectivity index (χ4n) is 2.68. The Labute approximate surface area is 121 Å². The van der Waals surface area contributed by atoms with Crippen molar-refractivity contribution in [1.29, 1.82) is 0 Å². The van der Waals surface area contributed by atoms with E-state index in [9.17, 15) is 0 Å². The Kier molecular flexibility index (Phi) is 4.55. The summed E-state index contributed by atoms with van der Waals surface area (Å²) < 4.78 is 2.08. The quantitative estimate of drug-likeness (QED) is 0.910. The average Bonchev–Trinajstić information content (AvgIpc) is 2.76. The maximum Gasteiger partial charge on any atom is 0.0596 e. The number of aryl methyl sites for hydroxylation is 4. The lowest BCUT2D eigenvalue weighted by molar-refractivity contribution is 0.537. The molecule has 4 heteroatoms. The fraction of sp³-hybridized carbons (Fsp3) is 0.500. The van der Waals surface area contributed by atoms with E-state index < -0.39 is 0 Å². The highest BCUT2D eigenvalue weighted by atomic mass is 15.3. The number of pyridine rings is 1. The van der Waals surface area contributed by atoms with Crippen LogP contribution in [0, 0.1) is 20.8 Å². The molecular weight excluding hydrogens is 248 g/mol. The van der Waals surface area contributed by atoms with Crippen LogP contribution in [0.5, 0.6) is 0 Å². The maximum absolute atomic E-state index is 4.57. The van der Waals surface area contributed by atoms with Crippen molar-refractivity contribution in [3.05, 3.63) is 46.5 Å². The summed E-state index contributed by atoms with van der Waals surface area (Å²) in [5.41, 5.74) is 5.78. The third kappa shape index (κ3) is 3.07. The van der Waals surface area contributed by atoms with Gasteiger partial charge in [0.05, 0.1) is 5.69 Å². The van der Waals surface area contributed by atoms with Gasteiger partial charge in [0, 0.05) is 36.1 Å². The molecule has 1 atom stereocenters. The Morgan fingerprint density at radius 2 is 1.95 bits per heavy atom. The highest BCUT2D eigenvalue weighted by Crippen LogP contribution is 2.21. The summed E-state index contributed by atoms with van der Waals surface area (Å²) in [6.07, 6.45) is 0.927. The molecular formula is C16H24N4. The van der Waals surface area contributed by atoms with Crippen molar-refractivity contribution in [3.8, 4) is 0 Å². The predicted molar refractivity (Wildman–Crippen MR) is 81.9 cm³/mol. The van der Waals surface area contributed by atoms with Gasteiger partial charge in [-0.25, -0.2) is 0 Å². The highest BCUT2D eigenvalue weighted by molar-refractivity contribution is 5.27. The van der Waals surface area contributed by atoms with Crippen molar-refractivity contribution in [3.63, 3.8) is 0 Å². The second kappa shape index (κ2) is 6.18. The molecule has 108 valence electrons. The second-order valence-corrected chi connectivity index (χ2v) is 5.27. The molecule has 0 aliphatic rings. The van der Waals surface area contributed by atoms with E-state index in [1.165, 1.54) is 11.3 Å². The van der Waals surface area contributed by atoms with Crippen molar-refractivity contribution in [2.45, 2.75) is 46.7 Å². The van der Waals surface area contributed by atoms with Gasteiger partial charge < -0.3 is 5.32 Å². The number of rotatable bonds is 5. The van der Waals surface area contributed by atoms with Crippen LogP contribution in [0.25, 0.3) is 0 Å². The Balaban J connectivity index is 2.28. The molecule has 0 aliphatic carbocycles. The van der Waals surface area contributed by atoms with E-state index in [1.807, 2.05) is 20.9 Å². The first kappa shape index (κ1) is 14.7. The molecule has 0 aliphatic heterocycles. The number of hydrogen-bond acceptors (Lipinski definition) is 3. The SMILES string of the molecule is CCn1nc(C)cc1CC(NC)c1ccc(C)nc1C. The van der Waals surface area contributed by atoms with Gasteiger partial charge in [-0.05, 0) is 52.4 Å². The zero-order valence-corrected chi connectivity index (χ0v) is 13.1. The van der Waals surface area contributed by atoms with Gasteiger partial charge in [0.1, 0.15) is 0 Å². The molecule has 1 unspecified atom stereocenters. The van der Waals surface area contributed by atoms with Crippen LogP contribution in [-0.2, 0) is 13.0 Å². The van der Waals surface area contributed by atoms with E-state index in [1.54, 1.807) is 0 Å². The van der Waals surface area contributed by atoms with Gasteiger partial charge in [-0.2, -0.15) is 5.10 Å². The van der Waals surface area contributed by atoms with Crippen LogP contribution in [0.1, 0.15) is 41.3 Å². The minimum Gasteiger partial charge on any atom is -0.313 e. The van der Waals surface area contributed by atoms with E-state index in [2.05, 4.69) is 52.1 Å². The first-order valence-corrected chi connectivity index (χ1v) is 7.19. The minimum atomic E-state index is 0.268. The van der Waals surface area contributed by atoms with Crippen LogP contribution in [0.3, 0.4) is 0 Å². The Hall–Kier alpha value is -1.68. The number of hydrogen-bond donors (Lipinski definition) is 1. The maximum atomic E-state index is 4.57. The molecule has 0 radical (unpaired) electrons. The van der Waals surface area contributed by atoms with Crippen LogP contribution < -0.4 is 5.32 Å². The molecule has 2 heterocycles. The molecule has 0 amide bonds. The summed E-state index contributed by atoms with van der Waals surface area (Å²) in [6.45, 7) is 9.19. The molecule has 20 heavy (non-hydrogen) atoms. The predicted octanol–water partition coefficient (Wildman–Crippen LogP) is 2.73. The molecule has 0 spiro atoms. The summed E-state index contributed by atoms with van der Waals surface area (Å²) in [6, 6.07) is 6.70. The summed E-state index contributed by atoms with van der Waals surface area (Å²) >= 11 is 0. The Bertz CT molecular complexity index is 586. The van der Waals surface area contributed by atoms with Crippen LogP contribution in [0.2, 0.25) is 0 Å². The van der Waals surface area contributed by atoms with Crippen LogP contribution in [0.15, 0.2) is 18.2 Å². The van der Waals surface area contributed by atoms with Gasteiger partial charge >= 0.3 is 0 Å². The first-order chi connectivity index (χ1) is 9.55. The lowest BCUT2D eigenvalue weighted by atomic mass is 10.00. The number of nitrogens with one attached hydrogen (secondary N) is 1. The zero-order chi connectivity index (χ0) is 14.7. The van der Waals surface area contributed by atoms with Crippen LogP contribution in [-0.4, -0.2) is 21.8 Å². The molecule has 0 bridgehead atoms. The van der Waals surface area contributed by atoms with Gasteiger partial charge in [0.25, 0.3) is 0 Å². The lowest BCUT2D eigenvalue weighted by Crippen LogP contribution is -2.22.